The fourth-order valence-electron chi connectivity index (χ4n) is 2.60. The molecule has 0 atom stereocenters. The molecule has 0 radical (unpaired) electrons. The maximum absolute atomic E-state index is 12.6. The maximum atomic E-state index is 12.6. The molecule has 2 aromatic carbocycles. The van der Waals surface area contributed by atoms with Crippen molar-refractivity contribution < 1.29 is 35.5 Å². The number of benzene rings is 2. The van der Waals surface area contributed by atoms with E-state index in [0.717, 1.165) is 36.4 Å². The van der Waals surface area contributed by atoms with E-state index in [0.29, 0.717) is 0 Å². The summed E-state index contributed by atoms with van der Waals surface area (Å²) in [4.78, 5) is 23.2. The summed E-state index contributed by atoms with van der Waals surface area (Å²) < 4.78 is 68.1. The van der Waals surface area contributed by atoms with Gasteiger partial charge in [0.2, 0.25) is 0 Å². The number of ketones is 2. The Morgan fingerprint density at radius 3 is 1.33 bits per heavy atom. The Kier molecular flexibility index (Phi) is 3.46. The van der Waals surface area contributed by atoms with Crippen molar-refractivity contribution in [2.75, 3.05) is 0 Å². The number of carbonyl (C=O) groups excluding carboxylic acids is 2. The van der Waals surface area contributed by atoms with Gasteiger partial charge in [-0.15, -0.1) is 0 Å². The van der Waals surface area contributed by atoms with Crippen LogP contribution in [0.2, 0.25) is 0 Å². The molecular weight excluding hydrogens is 360 g/mol. The van der Waals surface area contributed by atoms with Crippen LogP contribution < -0.4 is 0 Å². The van der Waals surface area contributed by atoms with Crippen molar-refractivity contribution in [2.45, 2.75) is 9.79 Å². The summed E-state index contributed by atoms with van der Waals surface area (Å²) in [5.41, 5.74) is -2.13. The minimum absolute atomic E-state index is 0.343. The minimum atomic E-state index is -5.10. The van der Waals surface area contributed by atoms with Crippen molar-refractivity contribution in [3.63, 3.8) is 0 Å². The summed E-state index contributed by atoms with van der Waals surface area (Å²) in [6.45, 7) is 0. The van der Waals surface area contributed by atoms with E-state index in [9.17, 15) is 35.5 Å². The van der Waals surface area contributed by atoms with Crippen LogP contribution in [0.15, 0.2) is 46.2 Å². The quantitative estimate of drug-likeness (QED) is 0.587. The van der Waals surface area contributed by atoms with E-state index in [-0.39, 0.29) is 11.1 Å². The van der Waals surface area contributed by atoms with Crippen LogP contribution in [0, 0.1) is 0 Å². The zero-order valence-corrected chi connectivity index (χ0v) is 13.2. The van der Waals surface area contributed by atoms with Gasteiger partial charge in [0.1, 0.15) is 20.2 Å². The monoisotopic (exact) mass is 366 g/mol. The third-order valence-electron chi connectivity index (χ3n) is 3.53. The smallest absolute Gasteiger partial charge is 0.197 e. The van der Waals surface area contributed by atoms with E-state index in [1.165, 1.54) is 0 Å². The molecule has 124 valence electrons. The molecule has 8 nitrogen and oxygen atoms in total. The van der Waals surface area contributed by atoms with Gasteiger partial charge < -0.3 is 9.11 Å². The van der Waals surface area contributed by atoms with Crippen molar-refractivity contribution in [3.05, 3.63) is 58.7 Å². The van der Waals surface area contributed by atoms with E-state index in [1.54, 1.807) is 0 Å². The normalized spacial score (nSPS) is 14.2. The third-order valence-corrected chi connectivity index (χ3v) is 5.29. The van der Waals surface area contributed by atoms with E-state index in [4.69, 9.17) is 0 Å². The zero-order chi connectivity index (χ0) is 17.9. The predicted molar refractivity (Wildman–Crippen MR) is 75.7 cm³/mol. The Morgan fingerprint density at radius 1 is 0.625 bits per heavy atom. The molecule has 0 heterocycles. The molecular formula is C14H6O8S2-2. The largest absolute Gasteiger partial charge is 0.744 e. The van der Waals surface area contributed by atoms with Crippen LogP contribution in [-0.4, -0.2) is 37.5 Å². The van der Waals surface area contributed by atoms with Gasteiger partial charge in [-0.25, -0.2) is 16.8 Å². The molecule has 10 heteroatoms. The molecule has 1 aliphatic carbocycles. The van der Waals surface area contributed by atoms with Crippen molar-refractivity contribution >= 4 is 31.8 Å². The van der Waals surface area contributed by atoms with Gasteiger partial charge in [-0.2, -0.15) is 0 Å². The SMILES string of the molecule is O=C1c2cccc(S(=O)(=O)[O-])c2C(=O)c2c1cccc2S(=O)(=O)[O-]. The van der Waals surface area contributed by atoms with Crippen molar-refractivity contribution in [2.24, 2.45) is 0 Å². The van der Waals surface area contributed by atoms with Crippen LogP contribution >= 0.6 is 0 Å². The summed E-state index contributed by atoms with van der Waals surface area (Å²) in [7, 11) is -10.2. The molecule has 2 aromatic rings. The van der Waals surface area contributed by atoms with Gasteiger partial charge in [-0.1, -0.05) is 24.3 Å². The Morgan fingerprint density at radius 2 is 1.00 bits per heavy atom. The Bertz CT molecular complexity index is 1040. The fraction of sp³-hybridized carbons (Fsp3) is 0. The Balaban J connectivity index is 2.46. The highest BCUT2D eigenvalue weighted by molar-refractivity contribution is 7.86. The lowest BCUT2D eigenvalue weighted by Gasteiger charge is -2.23. The molecule has 0 amide bonds. The van der Waals surface area contributed by atoms with E-state index in [2.05, 4.69) is 0 Å². The van der Waals surface area contributed by atoms with E-state index >= 15 is 0 Å². The lowest BCUT2D eigenvalue weighted by atomic mass is 9.84. The first-order valence-electron chi connectivity index (χ1n) is 6.30. The van der Waals surface area contributed by atoms with Crippen LogP contribution in [-0.2, 0) is 20.2 Å². The maximum Gasteiger partial charge on any atom is 0.197 e. The summed E-state index contributed by atoms with van der Waals surface area (Å²) in [5.74, 6) is -2.03. The van der Waals surface area contributed by atoms with Gasteiger partial charge in [0.15, 0.2) is 11.6 Å². The summed E-state index contributed by atoms with van der Waals surface area (Å²) in [6.07, 6.45) is 0. The van der Waals surface area contributed by atoms with Crippen molar-refractivity contribution in [1.29, 1.82) is 0 Å². The third kappa shape index (κ3) is 2.36. The standard InChI is InChI=1S/C14H8O8S2/c15-13-7-3-1-5-9(23(17,18)19)11(7)14(16)12-8(13)4-2-6-10(12)24(20,21)22/h1-6H,(H,17,18,19)(H,20,21,22)/p-2. The van der Waals surface area contributed by atoms with Gasteiger partial charge in [-0.05, 0) is 12.1 Å². The molecule has 0 unspecified atom stereocenters. The zero-order valence-electron chi connectivity index (χ0n) is 11.5. The first-order valence-corrected chi connectivity index (χ1v) is 9.12. The van der Waals surface area contributed by atoms with Gasteiger partial charge in [0, 0.05) is 11.1 Å². The van der Waals surface area contributed by atoms with Crippen LogP contribution in [0.3, 0.4) is 0 Å². The Labute approximate surface area is 136 Å². The lowest BCUT2D eigenvalue weighted by molar-refractivity contribution is 0.0974. The molecule has 0 aliphatic heterocycles. The molecule has 1 aliphatic rings. The second kappa shape index (κ2) is 5.05. The van der Waals surface area contributed by atoms with Crippen LogP contribution in [0.4, 0.5) is 0 Å². The molecule has 3 rings (SSSR count). The number of carbonyl (C=O) groups is 2. The highest BCUT2D eigenvalue weighted by Crippen LogP contribution is 2.34. The van der Waals surface area contributed by atoms with Crippen LogP contribution in [0.5, 0.6) is 0 Å². The van der Waals surface area contributed by atoms with Crippen molar-refractivity contribution in [1.82, 2.24) is 0 Å². The number of rotatable bonds is 2. The molecule has 0 N–H and O–H groups in total. The summed E-state index contributed by atoms with van der Waals surface area (Å²) in [5, 5.41) is 0. The van der Waals surface area contributed by atoms with Gasteiger partial charge in [-0.3, -0.25) is 9.59 Å². The van der Waals surface area contributed by atoms with E-state index in [1.807, 2.05) is 0 Å². The molecule has 24 heavy (non-hydrogen) atoms. The lowest BCUT2D eigenvalue weighted by Crippen LogP contribution is -2.26. The first-order chi connectivity index (χ1) is 11.0. The van der Waals surface area contributed by atoms with Gasteiger partial charge in [0.05, 0.1) is 20.9 Å². The fourth-order valence-corrected chi connectivity index (χ4v) is 3.99. The molecule has 0 aromatic heterocycles. The summed E-state index contributed by atoms with van der Waals surface area (Å²) >= 11 is 0. The molecule has 0 spiro atoms. The summed E-state index contributed by atoms with van der Waals surface area (Å²) in [6, 6.07) is 6.20. The predicted octanol–water partition coefficient (Wildman–Crippen LogP) is 0.270. The van der Waals surface area contributed by atoms with Gasteiger partial charge in [0.25, 0.3) is 0 Å². The van der Waals surface area contributed by atoms with Crippen LogP contribution in [0.1, 0.15) is 31.8 Å². The molecule has 0 saturated heterocycles. The van der Waals surface area contributed by atoms with Crippen molar-refractivity contribution in [3.8, 4) is 0 Å². The Hall–Kier alpha value is -2.40. The first kappa shape index (κ1) is 16.5. The highest BCUT2D eigenvalue weighted by atomic mass is 32.2. The average molecular weight is 366 g/mol. The topological polar surface area (TPSA) is 149 Å². The van der Waals surface area contributed by atoms with E-state index < -0.39 is 52.7 Å². The second-order valence-electron chi connectivity index (χ2n) is 4.92. The second-order valence-corrected chi connectivity index (χ2v) is 7.62. The minimum Gasteiger partial charge on any atom is -0.744 e. The average Bonchev–Trinajstić information content (AvgIpc) is 2.49. The number of hydrogen-bond donors (Lipinski definition) is 0. The number of fused-ring (bicyclic) bond motifs is 2. The van der Waals surface area contributed by atoms with Gasteiger partial charge >= 0.3 is 0 Å². The molecule has 0 fully saturated rings. The number of hydrogen-bond acceptors (Lipinski definition) is 8. The van der Waals surface area contributed by atoms with Crippen LogP contribution in [0.25, 0.3) is 0 Å². The molecule has 0 saturated carbocycles. The molecule has 0 bridgehead atoms. The highest BCUT2D eigenvalue weighted by Gasteiger charge is 2.35.